The van der Waals surface area contributed by atoms with E-state index in [9.17, 15) is 19.2 Å². The monoisotopic (exact) mass is 738 g/mol. The molecule has 6 rings (SSSR count). The Morgan fingerprint density at radius 2 is 0.945 bits per heavy atom. The second kappa shape index (κ2) is 17.5. The van der Waals surface area contributed by atoms with Gasteiger partial charge >= 0.3 is 11.9 Å². The average molecular weight is 739 g/mol. The summed E-state index contributed by atoms with van der Waals surface area (Å²) in [5.74, 6) is 0.0755. The molecule has 0 aromatic heterocycles. The van der Waals surface area contributed by atoms with E-state index in [1.807, 2.05) is 95.7 Å². The molecule has 0 aliphatic carbocycles. The fourth-order valence-corrected chi connectivity index (χ4v) is 5.61. The van der Waals surface area contributed by atoms with Gasteiger partial charge in [-0.25, -0.2) is 9.59 Å². The number of esters is 2. The van der Waals surface area contributed by atoms with Crippen LogP contribution in [0.1, 0.15) is 52.6 Å². The van der Waals surface area contributed by atoms with Crippen molar-refractivity contribution in [1.29, 1.82) is 0 Å². The number of ketones is 2. The molecule has 0 saturated heterocycles. The molecule has 0 fully saturated rings. The maximum Gasteiger partial charge on any atom is 0.337 e. The summed E-state index contributed by atoms with van der Waals surface area (Å²) in [6.07, 6.45) is 1.76. The van der Waals surface area contributed by atoms with Gasteiger partial charge in [-0.2, -0.15) is 0 Å². The third kappa shape index (κ3) is 10.7. The molecule has 0 N–H and O–H groups in total. The number of benzene rings is 6. The van der Waals surface area contributed by atoms with E-state index in [-0.39, 0.29) is 23.9 Å². The Hall–Kier alpha value is -6.58. The van der Waals surface area contributed by atoms with Crippen LogP contribution in [-0.2, 0) is 9.47 Å². The van der Waals surface area contributed by atoms with Crippen molar-refractivity contribution < 1.29 is 42.6 Å². The van der Waals surface area contributed by atoms with E-state index in [2.05, 4.69) is 16.9 Å². The molecule has 0 aliphatic rings. The summed E-state index contributed by atoms with van der Waals surface area (Å²) >= 11 is 0. The number of hydrogen-bond donors (Lipinski definition) is 0. The van der Waals surface area contributed by atoms with Gasteiger partial charge in [-0.05, 0) is 96.1 Å². The van der Waals surface area contributed by atoms with Crippen LogP contribution in [0.2, 0.25) is 0 Å². The molecule has 280 valence electrons. The standard InChI is InChI=1S/C25H26NO4.C21H18O4/c1-17-6-7-20-15-21(9-8-19(20)14-17)24(27)23(16-26(2,3)4)30-22-12-10-18(11-13-22)25(28)29-5;1-14-3-4-17-12-18(6-5-16(17)11-14)20(22)13-25-19-9-7-15(8-10-19)21(23)24-2/h6-16H,1-5H3;3-12H,13H2,1-2H3/q+1;/b23-16-;. The molecule has 0 unspecified atom stereocenters. The van der Waals surface area contributed by atoms with E-state index >= 15 is 0 Å². The summed E-state index contributed by atoms with van der Waals surface area (Å²) in [6.45, 7) is 4.02. The van der Waals surface area contributed by atoms with Gasteiger partial charge in [-0.1, -0.05) is 71.8 Å². The number of fused-ring (bicyclic) bond motifs is 2. The van der Waals surface area contributed by atoms with E-state index < -0.39 is 11.9 Å². The highest BCUT2D eigenvalue weighted by Crippen LogP contribution is 2.23. The van der Waals surface area contributed by atoms with Crippen LogP contribution >= 0.6 is 0 Å². The zero-order valence-corrected chi connectivity index (χ0v) is 32.0. The van der Waals surface area contributed by atoms with Gasteiger partial charge in [0.05, 0.1) is 46.5 Å². The number of aryl methyl sites for hydroxylation is 2. The summed E-state index contributed by atoms with van der Waals surface area (Å²) in [5.41, 5.74) is 4.38. The largest absolute Gasteiger partial charge is 0.485 e. The Kier molecular flexibility index (Phi) is 12.6. The molecule has 0 atom stereocenters. The third-order valence-corrected chi connectivity index (χ3v) is 8.45. The summed E-state index contributed by atoms with van der Waals surface area (Å²) in [4.78, 5) is 48.6. The molecular formula is C46H44NO8+. The highest BCUT2D eigenvalue weighted by Gasteiger charge is 2.21. The quantitative estimate of drug-likeness (QED) is 0.0427. The fourth-order valence-electron chi connectivity index (χ4n) is 5.61. The molecular weight excluding hydrogens is 695 g/mol. The number of hydrogen-bond acceptors (Lipinski definition) is 8. The summed E-state index contributed by atoms with van der Waals surface area (Å²) in [6, 6.07) is 36.5. The van der Waals surface area contributed by atoms with Crippen LogP contribution in [-0.4, -0.2) is 70.0 Å². The Morgan fingerprint density at radius 1 is 0.527 bits per heavy atom. The van der Waals surface area contributed by atoms with E-state index in [4.69, 9.17) is 14.2 Å². The number of carbonyl (C=O) groups is 4. The van der Waals surface area contributed by atoms with Crippen molar-refractivity contribution in [2.24, 2.45) is 0 Å². The Labute approximate surface area is 320 Å². The highest BCUT2D eigenvalue weighted by atomic mass is 16.5. The number of methoxy groups -OCH3 is 2. The molecule has 9 nitrogen and oxygen atoms in total. The van der Waals surface area contributed by atoms with Crippen molar-refractivity contribution in [3.05, 3.63) is 167 Å². The lowest BCUT2D eigenvalue weighted by Crippen LogP contribution is -2.29. The second-order valence-corrected chi connectivity index (χ2v) is 13.9. The minimum Gasteiger partial charge on any atom is -0.485 e. The number of quaternary nitrogens is 1. The maximum atomic E-state index is 13.3. The molecule has 6 aromatic rings. The van der Waals surface area contributed by atoms with E-state index in [1.54, 1.807) is 54.7 Å². The molecule has 0 bridgehead atoms. The molecule has 6 aromatic carbocycles. The number of allylic oxidation sites excluding steroid dienone is 1. The number of rotatable bonds is 11. The molecule has 55 heavy (non-hydrogen) atoms. The van der Waals surface area contributed by atoms with Crippen LogP contribution in [0, 0.1) is 13.8 Å². The van der Waals surface area contributed by atoms with Crippen molar-refractivity contribution in [3.63, 3.8) is 0 Å². The van der Waals surface area contributed by atoms with Gasteiger partial charge in [-0.15, -0.1) is 0 Å². The van der Waals surface area contributed by atoms with Gasteiger partial charge in [0.15, 0.2) is 12.4 Å². The van der Waals surface area contributed by atoms with Gasteiger partial charge < -0.3 is 23.4 Å². The Bertz CT molecular complexity index is 2390. The summed E-state index contributed by atoms with van der Waals surface area (Å²) in [5, 5.41) is 4.22. The van der Waals surface area contributed by atoms with Gasteiger partial charge in [0.25, 0.3) is 0 Å². The zero-order chi connectivity index (χ0) is 39.7. The van der Waals surface area contributed by atoms with Gasteiger partial charge in [0.2, 0.25) is 11.5 Å². The molecule has 0 amide bonds. The molecule has 0 radical (unpaired) electrons. The predicted molar refractivity (Wildman–Crippen MR) is 214 cm³/mol. The van der Waals surface area contributed by atoms with E-state index in [1.165, 1.54) is 25.3 Å². The van der Waals surface area contributed by atoms with Crippen LogP contribution < -0.4 is 9.47 Å². The molecule has 0 heterocycles. The molecule has 0 spiro atoms. The van der Waals surface area contributed by atoms with Crippen molar-refractivity contribution in [2.75, 3.05) is 42.0 Å². The lowest BCUT2D eigenvalue weighted by molar-refractivity contribution is -0.818. The van der Waals surface area contributed by atoms with E-state index in [0.717, 1.165) is 21.5 Å². The zero-order valence-electron chi connectivity index (χ0n) is 32.0. The van der Waals surface area contributed by atoms with Crippen molar-refractivity contribution in [1.82, 2.24) is 0 Å². The average Bonchev–Trinajstić information content (AvgIpc) is 3.18. The first-order chi connectivity index (χ1) is 26.2. The Morgan fingerprint density at radius 3 is 1.44 bits per heavy atom. The van der Waals surface area contributed by atoms with Gasteiger partial charge in [0, 0.05) is 11.1 Å². The summed E-state index contributed by atoms with van der Waals surface area (Å²) < 4.78 is 21.2. The molecule has 0 saturated carbocycles. The first kappa shape index (κ1) is 39.6. The lowest BCUT2D eigenvalue weighted by Gasteiger charge is -2.20. The van der Waals surface area contributed by atoms with Crippen LogP contribution in [0.15, 0.2) is 133 Å². The SMILES string of the molecule is COC(=O)c1ccc(O/C(=C\[N+](C)(C)C)C(=O)c2ccc3cc(C)ccc3c2)cc1.COC(=O)c1ccc(OCC(=O)c2ccc3cc(C)ccc3c2)cc1. The van der Waals surface area contributed by atoms with Crippen LogP contribution in [0.4, 0.5) is 0 Å². The fraction of sp³-hybridized carbons (Fsp3) is 0.174. The molecule has 0 aliphatic heterocycles. The smallest absolute Gasteiger partial charge is 0.337 e. The predicted octanol–water partition coefficient (Wildman–Crippen LogP) is 8.94. The van der Waals surface area contributed by atoms with Crippen LogP contribution in [0.25, 0.3) is 21.5 Å². The van der Waals surface area contributed by atoms with Crippen LogP contribution in [0.3, 0.4) is 0 Å². The minimum absolute atomic E-state index is 0.0606. The normalized spacial score (nSPS) is 11.3. The molecule has 9 heteroatoms. The maximum absolute atomic E-state index is 13.3. The van der Waals surface area contributed by atoms with Crippen molar-refractivity contribution >= 4 is 45.0 Å². The van der Waals surface area contributed by atoms with Gasteiger partial charge in [-0.3, -0.25) is 9.59 Å². The lowest BCUT2D eigenvalue weighted by atomic mass is 10.0. The first-order valence-corrected chi connectivity index (χ1v) is 17.5. The number of carbonyl (C=O) groups excluding carboxylic acids is 4. The Balaban J connectivity index is 0.000000214. The van der Waals surface area contributed by atoms with Crippen molar-refractivity contribution in [2.45, 2.75) is 13.8 Å². The third-order valence-electron chi connectivity index (χ3n) is 8.45. The number of nitrogens with zero attached hydrogens (tertiary/aromatic N) is 1. The van der Waals surface area contributed by atoms with Gasteiger partial charge in [0.1, 0.15) is 17.7 Å². The van der Waals surface area contributed by atoms with Crippen molar-refractivity contribution in [3.8, 4) is 11.5 Å². The second-order valence-electron chi connectivity index (χ2n) is 13.9. The topological polar surface area (TPSA) is 105 Å². The number of Topliss-reactive ketones (excluding diaryl/α,β-unsaturated/α-hetero) is 2. The highest BCUT2D eigenvalue weighted by molar-refractivity contribution is 6.09. The minimum atomic E-state index is -0.425. The summed E-state index contributed by atoms with van der Waals surface area (Å²) in [7, 11) is 8.50. The number of ether oxygens (including phenoxy) is 4. The van der Waals surface area contributed by atoms with Crippen LogP contribution in [0.5, 0.6) is 11.5 Å². The van der Waals surface area contributed by atoms with E-state index in [0.29, 0.717) is 38.2 Å². The first-order valence-electron chi connectivity index (χ1n) is 17.5.